The van der Waals surface area contributed by atoms with Gasteiger partial charge >= 0.3 is 5.97 Å². The first-order valence-electron chi connectivity index (χ1n) is 6.32. The number of fused-ring (bicyclic) bond motifs is 1. The maximum atomic E-state index is 11.3. The van der Waals surface area contributed by atoms with Crippen molar-refractivity contribution >= 4 is 28.3 Å². The van der Waals surface area contributed by atoms with Crippen LogP contribution >= 0.6 is 11.3 Å². The molecule has 1 unspecified atom stereocenters. The summed E-state index contributed by atoms with van der Waals surface area (Å²) in [4.78, 5) is 15.7. The fraction of sp³-hybridized carbons (Fsp3) is 0.200. The molecule has 2 aromatic heterocycles. The van der Waals surface area contributed by atoms with Gasteiger partial charge in [-0.1, -0.05) is 6.07 Å². The summed E-state index contributed by atoms with van der Waals surface area (Å²) in [6.45, 7) is 4.01. The lowest BCUT2D eigenvalue weighted by Gasteiger charge is -2.15. The Morgan fingerprint density at radius 2 is 2.20 bits per heavy atom. The minimum Gasteiger partial charge on any atom is -0.478 e. The van der Waals surface area contributed by atoms with Gasteiger partial charge in [0, 0.05) is 0 Å². The minimum atomic E-state index is -0.941. The van der Waals surface area contributed by atoms with Gasteiger partial charge in [0.15, 0.2) is 0 Å². The van der Waals surface area contributed by atoms with E-state index in [1.165, 1.54) is 5.56 Å². The zero-order valence-electron chi connectivity index (χ0n) is 11.2. The van der Waals surface area contributed by atoms with Crippen molar-refractivity contribution in [3.63, 3.8) is 0 Å². The van der Waals surface area contributed by atoms with Gasteiger partial charge in [0.2, 0.25) is 0 Å². The van der Waals surface area contributed by atoms with Crippen LogP contribution in [0.25, 0.3) is 11.0 Å². The number of imidazole rings is 1. The normalized spacial score (nSPS) is 12.7. The van der Waals surface area contributed by atoms with E-state index in [0.29, 0.717) is 5.52 Å². The van der Waals surface area contributed by atoms with Gasteiger partial charge < -0.3 is 9.67 Å². The van der Waals surface area contributed by atoms with Crippen molar-refractivity contribution in [2.24, 2.45) is 0 Å². The highest BCUT2D eigenvalue weighted by molar-refractivity contribution is 7.07. The fourth-order valence-corrected chi connectivity index (χ4v) is 3.30. The number of benzene rings is 1. The summed E-state index contributed by atoms with van der Waals surface area (Å²) in [5, 5.41) is 13.4. The molecule has 4 nitrogen and oxygen atoms in total. The number of carboxylic acid groups (broad SMARTS) is 1. The van der Waals surface area contributed by atoms with E-state index in [2.05, 4.69) is 27.9 Å². The van der Waals surface area contributed by atoms with E-state index in [4.69, 9.17) is 0 Å². The second-order valence-electron chi connectivity index (χ2n) is 4.74. The van der Waals surface area contributed by atoms with Crippen LogP contribution in [0.2, 0.25) is 0 Å². The van der Waals surface area contributed by atoms with Gasteiger partial charge in [0.05, 0.1) is 17.1 Å². The molecule has 1 N–H and O–H groups in total. The summed E-state index contributed by atoms with van der Waals surface area (Å²) in [5.41, 5.74) is 2.88. The molecule has 102 valence electrons. The van der Waals surface area contributed by atoms with Crippen LogP contribution in [0.1, 0.15) is 34.7 Å². The van der Waals surface area contributed by atoms with Gasteiger partial charge in [-0.2, -0.15) is 11.3 Å². The van der Waals surface area contributed by atoms with Gasteiger partial charge in [-0.25, -0.2) is 9.78 Å². The summed E-state index contributed by atoms with van der Waals surface area (Å²) in [7, 11) is 0. The van der Waals surface area contributed by atoms with Crippen molar-refractivity contribution in [1.82, 2.24) is 9.55 Å². The largest absolute Gasteiger partial charge is 0.478 e. The first kappa shape index (κ1) is 12.9. The van der Waals surface area contributed by atoms with Gasteiger partial charge in [-0.15, -0.1) is 0 Å². The second kappa shape index (κ2) is 4.76. The Hall–Kier alpha value is -2.14. The fourth-order valence-electron chi connectivity index (χ4n) is 2.56. The van der Waals surface area contributed by atoms with E-state index < -0.39 is 5.97 Å². The van der Waals surface area contributed by atoms with E-state index in [9.17, 15) is 9.90 Å². The summed E-state index contributed by atoms with van der Waals surface area (Å²) in [6.07, 6.45) is 0. The molecule has 0 bridgehead atoms. The summed E-state index contributed by atoms with van der Waals surface area (Å²) >= 11 is 1.66. The van der Waals surface area contributed by atoms with Gasteiger partial charge in [-0.3, -0.25) is 0 Å². The Labute approximate surface area is 120 Å². The van der Waals surface area contributed by atoms with Crippen LogP contribution in [-0.4, -0.2) is 20.6 Å². The number of aromatic carboxylic acids is 1. The second-order valence-corrected chi connectivity index (χ2v) is 5.52. The molecule has 0 aliphatic rings. The zero-order chi connectivity index (χ0) is 14.3. The van der Waals surface area contributed by atoms with Crippen LogP contribution in [0.3, 0.4) is 0 Å². The SMILES string of the molecule is Cc1nc2c(C(=O)O)cccc2n1C(C)c1ccsc1. The molecule has 1 aromatic carbocycles. The third-order valence-corrected chi connectivity index (χ3v) is 4.24. The average Bonchev–Trinajstić information content (AvgIpc) is 3.03. The Morgan fingerprint density at radius 1 is 1.40 bits per heavy atom. The Morgan fingerprint density at radius 3 is 2.85 bits per heavy atom. The Kier molecular flexibility index (Phi) is 3.06. The number of rotatable bonds is 3. The van der Waals surface area contributed by atoms with E-state index in [1.807, 2.05) is 18.4 Å². The molecular weight excluding hydrogens is 272 g/mol. The lowest BCUT2D eigenvalue weighted by atomic mass is 10.1. The van der Waals surface area contributed by atoms with Crippen molar-refractivity contribution < 1.29 is 9.90 Å². The molecule has 2 heterocycles. The number of hydrogen-bond acceptors (Lipinski definition) is 3. The number of aromatic nitrogens is 2. The molecular formula is C15H14N2O2S. The summed E-state index contributed by atoms with van der Waals surface area (Å²) in [6, 6.07) is 7.50. The number of carbonyl (C=O) groups is 1. The smallest absolute Gasteiger partial charge is 0.337 e. The van der Waals surface area contributed by atoms with Crippen molar-refractivity contribution in [1.29, 1.82) is 0 Å². The van der Waals surface area contributed by atoms with Crippen LogP contribution in [0.5, 0.6) is 0 Å². The van der Waals surface area contributed by atoms with Crippen LogP contribution < -0.4 is 0 Å². The third-order valence-electron chi connectivity index (χ3n) is 3.54. The third kappa shape index (κ3) is 1.91. The predicted octanol–water partition coefficient (Wildman–Crippen LogP) is 3.71. The molecule has 0 amide bonds. The van der Waals surface area contributed by atoms with Crippen molar-refractivity contribution in [3.8, 4) is 0 Å². The maximum Gasteiger partial charge on any atom is 0.337 e. The quantitative estimate of drug-likeness (QED) is 0.798. The molecule has 0 aliphatic heterocycles. The number of aryl methyl sites for hydroxylation is 1. The van der Waals surface area contributed by atoms with Crippen LogP contribution in [0.15, 0.2) is 35.0 Å². The number of carboxylic acids is 1. The van der Waals surface area contributed by atoms with Crippen molar-refractivity contribution in [3.05, 3.63) is 52.0 Å². The van der Waals surface area contributed by atoms with Crippen molar-refractivity contribution in [2.45, 2.75) is 19.9 Å². The van der Waals surface area contributed by atoms with Gasteiger partial charge in [-0.05, 0) is 48.4 Å². The summed E-state index contributed by atoms with van der Waals surface area (Å²) in [5.74, 6) is -0.115. The molecule has 20 heavy (non-hydrogen) atoms. The Balaban J connectivity index is 2.24. The lowest BCUT2D eigenvalue weighted by Crippen LogP contribution is -2.07. The van der Waals surface area contributed by atoms with Crippen LogP contribution in [0, 0.1) is 6.92 Å². The lowest BCUT2D eigenvalue weighted by molar-refractivity contribution is 0.0699. The van der Waals surface area contributed by atoms with E-state index >= 15 is 0 Å². The van der Waals surface area contributed by atoms with Gasteiger partial charge in [0.25, 0.3) is 0 Å². The van der Waals surface area contributed by atoms with Crippen molar-refractivity contribution in [2.75, 3.05) is 0 Å². The Bertz CT molecular complexity index is 775. The van der Waals surface area contributed by atoms with E-state index in [-0.39, 0.29) is 11.6 Å². The molecule has 5 heteroatoms. The molecule has 3 rings (SSSR count). The highest BCUT2D eigenvalue weighted by atomic mass is 32.1. The molecule has 0 saturated heterocycles. The summed E-state index contributed by atoms with van der Waals surface area (Å²) < 4.78 is 2.09. The monoisotopic (exact) mass is 286 g/mol. The molecule has 0 saturated carbocycles. The maximum absolute atomic E-state index is 11.3. The zero-order valence-corrected chi connectivity index (χ0v) is 12.0. The molecule has 0 spiro atoms. The first-order chi connectivity index (χ1) is 9.59. The molecule has 0 radical (unpaired) electrons. The number of nitrogens with zero attached hydrogens (tertiary/aromatic N) is 2. The predicted molar refractivity (Wildman–Crippen MR) is 79.6 cm³/mol. The number of hydrogen-bond donors (Lipinski definition) is 1. The standard InChI is InChI=1S/C15H14N2O2S/c1-9(11-6-7-20-8-11)17-10(2)16-14-12(15(18)19)4-3-5-13(14)17/h3-9H,1-2H3,(H,18,19). The first-order valence-corrected chi connectivity index (χ1v) is 7.27. The highest BCUT2D eigenvalue weighted by Crippen LogP contribution is 2.28. The topological polar surface area (TPSA) is 55.1 Å². The average molecular weight is 286 g/mol. The van der Waals surface area contributed by atoms with Gasteiger partial charge in [0.1, 0.15) is 11.3 Å². The molecule has 1 atom stereocenters. The molecule has 3 aromatic rings. The minimum absolute atomic E-state index is 0.135. The van der Waals surface area contributed by atoms with E-state index in [0.717, 1.165) is 11.3 Å². The molecule has 0 fully saturated rings. The van der Waals surface area contributed by atoms with E-state index in [1.54, 1.807) is 23.5 Å². The molecule has 0 aliphatic carbocycles. The number of thiophene rings is 1. The van der Waals surface area contributed by atoms with Crippen LogP contribution in [0.4, 0.5) is 0 Å². The van der Waals surface area contributed by atoms with Crippen LogP contribution in [-0.2, 0) is 0 Å². The highest BCUT2D eigenvalue weighted by Gasteiger charge is 2.19. The number of para-hydroxylation sites is 1.